The molecule has 0 spiro atoms. The highest BCUT2D eigenvalue weighted by atomic mass is 16.5. The van der Waals surface area contributed by atoms with E-state index in [0.717, 1.165) is 32.1 Å². The molecule has 2 atom stereocenters. The molecular formula is C13H25NO3. The van der Waals surface area contributed by atoms with Crippen molar-refractivity contribution in [2.75, 3.05) is 20.3 Å². The van der Waals surface area contributed by atoms with Gasteiger partial charge in [0.25, 0.3) is 0 Å². The maximum absolute atomic E-state index is 11.9. The molecule has 1 saturated carbocycles. The first-order valence-electron chi connectivity index (χ1n) is 6.68. The Morgan fingerprint density at radius 2 is 2.12 bits per heavy atom. The third-order valence-corrected chi connectivity index (χ3v) is 3.47. The van der Waals surface area contributed by atoms with Gasteiger partial charge in [-0.25, -0.2) is 0 Å². The van der Waals surface area contributed by atoms with E-state index in [4.69, 9.17) is 4.74 Å². The third-order valence-electron chi connectivity index (χ3n) is 3.47. The van der Waals surface area contributed by atoms with E-state index in [0.29, 0.717) is 19.6 Å². The van der Waals surface area contributed by atoms with Gasteiger partial charge in [0.15, 0.2) is 0 Å². The number of aliphatic hydroxyl groups excluding tert-OH is 1. The average molecular weight is 243 g/mol. The Morgan fingerprint density at radius 1 is 1.41 bits per heavy atom. The number of amides is 1. The molecule has 2 unspecified atom stereocenters. The Labute approximate surface area is 104 Å². The van der Waals surface area contributed by atoms with Crippen molar-refractivity contribution >= 4 is 5.91 Å². The standard InChI is InChI=1S/C13H25NO3/c1-3-17-10-6-9-13(16)14(2)11-7-4-5-8-12(11)15/h11-12,15H,3-10H2,1-2H3. The van der Waals surface area contributed by atoms with Gasteiger partial charge in [0.05, 0.1) is 12.1 Å². The van der Waals surface area contributed by atoms with Gasteiger partial charge in [-0.1, -0.05) is 12.8 Å². The Bertz CT molecular complexity index is 233. The van der Waals surface area contributed by atoms with Crippen molar-refractivity contribution in [1.29, 1.82) is 0 Å². The number of carbonyl (C=O) groups is 1. The summed E-state index contributed by atoms with van der Waals surface area (Å²) in [6.07, 6.45) is 4.86. The third kappa shape index (κ3) is 4.64. The number of aliphatic hydroxyl groups is 1. The first-order chi connectivity index (χ1) is 8.16. The summed E-state index contributed by atoms with van der Waals surface area (Å²) >= 11 is 0. The van der Waals surface area contributed by atoms with Crippen molar-refractivity contribution < 1.29 is 14.6 Å². The minimum atomic E-state index is -0.343. The molecule has 0 aromatic rings. The molecule has 100 valence electrons. The van der Waals surface area contributed by atoms with Crippen molar-refractivity contribution in [3.8, 4) is 0 Å². The smallest absolute Gasteiger partial charge is 0.222 e. The van der Waals surface area contributed by atoms with Gasteiger partial charge >= 0.3 is 0 Å². The summed E-state index contributed by atoms with van der Waals surface area (Å²) in [5.74, 6) is 0.121. The SMILES string of the molecule is CCOCCCC(=O)N(C)C1CCCCC1O. The normalized spacial score (nSPS) is 24.6. The molecule has 1 rings (SSSR count). The molecule has 1 aliphatic carbocycles. The molecule has 4 heteroatoms. The van der Waals surface area contributed by atoms with Crippen LogP contribution in [0.2, 0.25) is 0 Å². The minimum Gasteiger partial charge on any atom is -0.391 e. The van der Waals surface area contributed by atoms with Crippen LogP contribution in [0.3, 0.4) is 0 Å². The summed E-state index contributed by atoms with van der Waals surface area (Å²) in [7, 11) is 1.81. The molecule has 0 aliphatic heterocycles. The Kier molecular flexibility index (Phi) is 6.52. The van der Waals surface area contributed by atoms with E-state index in [2.05, 4.69) is 0 Å². The highest BCUT2D eigenvalue weighted by Crippen LogP contribution is 2.22. The van der Waals surface area contributed by atoms with Crippen LogP contribution in [-0.4, -0.2) is 48.3 Å². The molecule has 0 heterocycles. The van der Waals surface area contributed by atoms with E-state index in [9.17, 15) is 9.90 Å². The molecule has 4 nitrogen and oxygen atoms in total. The summed E-state index contributed by atoms with van der Waals surface area (Å²) in [6, 6.07) is 0.0170. The van der Waals surface area contributed by atoms with E-state index in [1.165, 1.54) is 0 Å². The molecule has 1 N–H and O–H groups in total. The molecule has 0 aromatic carbocycles. The summed E-state index contributed by atoms with van der Waals surface area (Å²) in [4.78, 5) is 13.6. The van der Waals surface area contributed by atoms with Crippen LogP contribution in [0.25, 0.3) is 0 Å². The Balaban J connectivity index is 2.29. The highest BCUT2D eigenvalue weighted by molar-refractivity contribution is 5.76. The van der Waals surface area contributed by atoms with Gasteiger partial charge in [0.1, 0.15) is 0 Å². The number of nitrogens with zero attached hydrogens (tertiary/aromatic N) is 1. The largest absolute Gasteiger partial charge is 0.391 e. The summed E-state index contributed by atoms with van der Waals surface area (Å²) in [5.41, 5.74) is 0. The van der Waals surface area contributed by atoms with Crippen LogP contribution in [0.4, 0.5) is 0 Å². The van der Waals surface area contributed by atoms with Gasteiger partial charge in [-0.2, -0.15) is 0 Å². The molecule has 0 aromatic heterocycles. The van der Waals surface area contributed by atoms with E-state index in [1.807, 2.05) is 14.0 Å². The average Bonchev–Trinajstić information content (AvgIpc) is 2.34. The fourth-order valence-electron chi connectivity index (χ4n) is 2.37. The number of rotatable bonds is 6. The second kappa shape index (κ2) is 7.67. The van der Waals surface area contributed by atoms with Crippen LogP contribution in [0.1, 0.15) is 45.4 Å². The van der Waals surface area contributed by atoms with Crippen LogP contribution in [0.15, 0.2) is 0 Å². The fraction of sp³-hybridized carbons (Fsp3) is 0.923. The van der Waals surface area contributed by atoms with Crippen molar-refractivity contribution in [3.05, 3.63) is 0 Å². The van der Waals surface area contributed by atoms with Gasteiger partial charge in [0, 0.05) is 26.7 Å². The summed E-state index contributed by atoms with van der Waals surface area (Å²) < 4.78 is 5.21. The second-order valence-electron chi connectivity index (χ2n) is 4.72. The Morgan fingerprint density at radius 3 is 2.76 bits per heavy atom. The number of hydrogen-bond donors (Lipinski definition) is 1. The van der Waals surface area contributed by atoms with Crippen molar-refractivity contribution in [2.24, 2.45) is 0 Å². The van der Waals surface area contributed by atoms with Gasteiger partial charge in [-0.15, -0.1) is 0 Å². The van der Waals surface area contributed by atoms with Crippen LogP contribution < -0.4 is 0 Å². The van der Waals surface area contributed by atoms with Crippen LogP contribution in [0, 0.1) is 0 Å². The van der Waals surface area contributed by atoms with Gasteiger partial charge < -0.3 is 14.7 Å². The maximum atomic E-state index is 11.9. The van der Waals surface area contributed by atoms with Gasteiger partial charge in [-0.05, 0) is 26.2 Å². The molecule has 1 aliphatic rings. The van der Waals surface area contributed by atoms with Crippen molar-refractivity contribution in [3.63, 3.8) is 0 Å². The van der Waals surface area contributed by atoms with Crippen LogP contribution in [0.5, 0.6) is 0 Å². The molecule has 1 fully saturated rings. The van der Waals surface area contributed by atoms with E-state index < -0.39 is 0 Å². The lowest BCUT2D eigenvalue weighted by molar-refractivity contribution is -0.135. The predicted molar refractivity (Wildman–Crippen MR) is 66.8 cm³/mol. The molecule has 17 heavy (non-hydrogen) atoms. The topological polar surface area (TPSA) is 49.8 Å². The van der Waals surface area contributed by atoms with Crippen LogP contribution in [-0.2, 0) is 9.53 Å². The van der Waals surface area contributed by atoms with Crippen molar-refractivity contribution in [2.45, 2.75) is 57.6 Å². The quantitative estimate of drug-likeness (QED) is 0.720. The van der Waals surface area contributed by atoms with E-state index in [1.54, 1.807) is 4.90 Å². The zero-order chi connectivity index (χ0) is 12.7. The number of ether oxygens (including phenoxy) is 1. The predicted octanol–water partition coefficient (Wildman–Crippen LogP) is 1.56. The zero-order valence-corrected chi connectivity index (χ0v) is 11.0. The summed E-state index contributed by atoms with van der Waals surface area (Å²) in [6.45, 7) is 3.29. The van der Waals surface area contributed by atoms with Crippen molar-refractivity contribution in [1.82, 2.24) is 4.90 Å². The number of hydrogen-bond acceptors (Lipinski definition) is 3. The lowest BCUT2D eigenvalue weighted by Crippen LogP contribution is -2.46. The van der Waals surface area contributed by atoms with Crippen LogP contribution >= 0.6 is 0 Å². The van der Waals surface area contributed by atoms with E-state index in [-0.39, 0.29) is 18.1 Å². The molecule has 0 radical (unpaired) electrons. The molecule has 1 amide bonds. The monoisotopic (exact) mass is 243 g/mol. The van der Waals surface area contributed by atoms with Gasteiger partial charge in [-0.3, -0.25) is 4.79 Å². The van der Waals surface area contributed by atoms with E-state index >= 15 is 0 Å². The maximum Gasteiger partial charge on any atom is 0.222 e. The first kappa shape index (κ1) is 14.5. The minimum absolute atomic E-state index is 0.0170. The first-order valence-corrected chi connectivity index (χ1v) is 6.68. The molecule has 0 saturated heterocycles. The zero-order valence-electron chi connectivity index (χ0n) is 11.0. The van der Waals surface area contributed by atoms with Gasteiger partial charge in [0.2, 0.25) is 5.91 Å². The number of likely N-dealkylation sites (N-methyl/N-ethyl adjacent to an activating group) is 1. The fourth-order valence-corrected chi connectivity index (χ4v) is 2.37. The molecule has 0 bridgehead atoms. The summed E-state index contributed by atoms with van der Waals surface area (Å²) in [5, 5.41) is 9.88. The Hall–Kier alpha value is -0.610. The lowest BCUT2D eigenvalue weighted by atomic mass is 9.91. The number of carbonyl (C=O) groups excluding carboxylic acids is 1. The second-order valence-corrected chi connectivity index (χ2v) is 4.72. The molecular weight excluding hydrogens is 218 g/mol. The highest BCUT2D eigenvalue weighted by Gasteiger charge is 2.28. The lowest BCUT2D eigenvalue weighted by Gasteiger charge is -2.35.